The van der Waals surface area contributed by atoms with Crippen LogP contribution in [0.3, 0.4) is 0 Å². The molecule has 0 saturated carbocycles. The van der Waals surface area contributed by atoms with Crippen LogP contribution in [0.25, 0.3) is 22.5 Å². The van der Waals surface area contributed by atoms with E-state index >= 15 is 0 Å². The molecule has 2 heterocycles. The second-order valence-corrected chi connectivity index (χ2v) is 4.31. The Balaban J connectivity index is 2.15. The van der Waals surface area contributed by atoms with Crippen molar-refractivity contribution >= 4 is 0 Å². The van der Waals surface area contributed by atoms with Crippen LogP contribution in [-0.4, -0.2) is 25.3 Å². The van der Waals surface area contributed by atoms with Crippen molar-refractivity contribution in [3.63, 3.8) is 0 Å². The smallest absolute Gasteiger partial charge is 0.116 e. The van der Waals surface area contributed by atoms with E-state index in [1.807, 2.05) is 19.1 Å². The highest BCUT2D eigenvalue weighted by Gasteiger charge is 2.11. The minimum absolute atomic E-state index is 0.234. The lowest BCUT2D eigenvalue weighted by atomic mass is 10.0. The molecule has 5 heteroatoms. The second kappa shape index (κ2) is 4.53. The summed E-state index contributed by atoms with van der Waals surface area (Å²) in [6.45, 7) is 1.93. The summed E-state index contributed by atoms with van der Waals surface area (Å²) < 4.78 is 0. The lowest BCUT2D eigenvalue weighted by molar-refractivity contribution is 0.475. The van der Waals surface area contributed by atoms with E-state index in [0.717, 1.165) is 28.1 Å². The maximum atomic E-state index is 9.69. The maximum Gasteiger partial charge on any atom is 0.116 e. The second-order valence-electron chi connectivity index (χ2n) is 4.31. The number of aryl methyl sites for hydroxylation is 1. The van der Waals surface area contributed by atoms with Gasteiger partial charge >= 0.3 is 0 Å². The lowest BCUT2D eigenvalue weighted by Crippen LogP contribution is -1.87. The Kier molecular flexibility index (Phi) is 2.72. The highest BCUT2D eigenvalue weighted by Crippen LogP contribution is 2.31. The van der Waals surface area contributed by atoms with Gasteiger partial charge in [-0.3, -0.25) is 5.10 Å². The van der Waals surface area contributed by atoms with Crippen molar-refractivity contribution < 1.29 is 5.11 Å². The van der Waals surface area contributed by atoms with Gasteiger partial charge in [0.2, 0.25) is 0 Å². The molecule has 0 aliphatic heterocycles. The molecule has 1 aromatic carbocycles. The zero-order valence-corrected chi connectivity index (χ0v) is 10.3. The summed E-state index contributed by atoms with van der Waals surface area (Å²) in [5.74, 6) is 0.234. The minimum atomic E-state index is 0.234. The van der Waals surface area contributed by atoms with Gasteiger partial charge in [-0.05, 0) is 36.8 Å². The molecule has 19 heavy (non-hydrogen) atoms. The Morgan fingerprint density at radius 3 is 2.84 bits per heavy atom. The first-order valence-corrected chi connectivity index (χ1v) is 5.85. The van der Waals surface area contributed by atoms with Gasteiger partial charge < -0.3 is 5.11 Å². The van der Waals surface area contributed by atoms with Gasteiger partial charge in [0.1, 0.15) is 12.1 Å². The third-order valence-corrected chi connectivity index (χ3v) is 2.85. The summed E-state index contributed by atoms with van der Waals surface area (Å²) in [7, 11) is 0. The van der Waals surface area contributed by atoms with Gasteiger partial charge in [0, 0.05) is 17.3 Å². The van der Waals surface area contributed by atoms with Crippen molar-refractivity contribution in [2.75, 3.05) is 0 Å². The van der Waals surface area contributed by atoms with Gasteiger partial charge in [-0.15, -0.1) is 0 Å². The third kappa shape index (κ3) is 2.18. The molecule has 0 unspecified atom stereocenters. The monoisotopic (exact) mass is 252 g/mol. The standard InChI is InChI=1S/C14H12N4O/c1-9-4-10(6-11(19)5-9)14-12(7-17-18-14)13-2-3-15-8-16-13/h2-8,19H,1H3,(H,17,18). The van der Waals surface area contributed by atoms with E-state index in [4.69, 9.17) is 0 Å². The Morgan fingerprint density at radius 1 is 1.21 bits per heavy atom. The Morgan fingerprint density at radius 2 is 2.11 bits per heavy atom. The molecule has 3 rings (SSSR count). The van der Waals surface area contributed by atoms with Crippen LogP contribution < -0.4 is 0 Å². The molecule has 2 N–H and O–H groups in total. The van der Waals surface area contributed by atoms with Crippen molar-refractivity contribution in [2.24, 2.45) is 0 Å². The van der Waals surface area contributed by atoms with E-state index in [1.165, 1.54) is 6.33 Å². The number of H-pyrrole nitrogens is 1. The first-order chi connectivity index (χ1) is 9.24. The molecule has 0 aliphatic carbocycles. The highest BCUT2D eigenvalue weighted by molar-refractivity contribution is 5.79. The van der Waals surface area contributed by atoms with Crippen LogP contribution in [0.1, 0.15) is 5.56 Å². The number of phenols is 1. The van der Waals surface area contributed by atoms with E-state index < -0.39 is 0 Å². The van der Waals surface area contributed by atoms with E-state index in [1.54, 1.807) is 24.5 Å². The number of aromatic hydroxyl groups is 1. The van der Waals surface area contributed by atoms with Crippen LogP contribution in [0, 0.1) is 6.92 Å². The number of rotatable bonds is 2. The molecule has 0 aliphatic rings. The van der Waals surface area contributed by atoms with E-state index in [0.29, 0.717) is 0 Å². The van der Waals surface area contributed by atoms with E-state index in [-0.39, 0.29) is 5.75 Å². The van der Waals surface area contributed by atoms with Crippen LogP contribution in [0.2, 0.25) is 0 Å². The summed E-state index contributed by atoms with van der Waals surface area (Å²) in [4.78, 5) is 8.12. The molecule has 0 atom stereocenters. The molecule has 0 bridgehead atoms. The summed E-state index contributed by atoms with van der Waals surface area (Å²) in [5.41, 5.74) is 4.37. The summed E-state index contributed by atoms with van der Waals surface area (Å²) in [6.07, 6.45) is 4.91. The Bertz CT molecular complexity index is 686. The van der Waals surface area contributed by atoms with Crippen LogP contribution in [0.15, 0.2) is 43.0 Å². The van der Waals surface area contributed by atoms with Crippen molar-refractivity contribution in [2.45, 2.75) is 6.92 Å². The third-order valence-electron chi connectivity index (χ3n) is 2.85. The summed E-state index contributed by atoms with van der Waals surface area (Å²) >= 11 is 0. The van der Waals surface area contributed by atoms with Crippen LogP contribution >= 0.6 is 0 Å². The maximum absolute atomic E-state index is 9.69. The van der Waals surface area contributed by atoms with Crippen molar-refractivity contribution in [1.82, 2.24) is 20.2 Å². The van der Waals surface area contributed by atoms with Gasteiger partial charge in [0.15, 0.2) is 0 Å². The van der Waals surface area contributed by atoms with E-state index in [9.17, 15) is 5.11 Å². The molecule has 3 aromatic rings. The van der Waals surface area contributed by atoms with Crippen molar-refractivity contribution in [3.05, 3.63) is 48.5 Å². The molecule has 0 spiro atoms. The number of nitrogens with one attached hydrogen (secondary N) is 1. The molecule has 94 valence electrons. The highest BCUT2D eigenvalue weighted by atomic mass is 16.3. The van der Waals surface area contributed by atoms with Crippen LogP contribution in [0.4, 0.5) is 0 Å². The SMILES string of the molecule is Cc1cc(O)cc(-c2[nH]ncc2-c2ccncn2)c1. The first kappa shape index (κ1) is 11.4. The normalized spacial score (nSPS) is 10.6. The van der Waals surface area contributed by atoms with Crippen molar-refractivity contribution in [1.29, 1.82) is 0 Å². The molecule has 0 fully saturated rings. The van der Waals surface area contributed by atoms with Crippen LogP contribution in [-0.2, 0) is 0 Å². The number of aromatic amines is 1. The largest absolute Gasteiger partial charge is 0.508 e. The lowest BCUT2D eigenvalue weighted by Gasteiger charge is -2.05. The van der Waals surface area contributed by atoms with Crippen LogP contribution in [0.5, 0.6) is 5.75 Å². The van der Waals surface area contributed by atoms with Gasteiger partial charge in [0.25, 0.3) is 0 Å². The summed E-state index contributed by atoms with van der Waals surface area (Å²) in [5, 5.41) is 16.7. The molecule has 0 saturated heterocycles. The molecule has 5 nitrogen and oxygen atoms in total. The minimum Gasteiger partial charge on any atom is -0.508 e. The molecular weight excluding hydrogens is 240 g/mol. The quantitative estimate of drug-likeness (QED) is 0.735. The fourth-order valence-electron chi connectivity index (χ4n) is 2.06. The zero-order valence-electron chi connectivity index (χ0n) is 10.3. The fraction of sp³-hybridized carbons (Fsp3) is 0.0714. The fourth-order valence-corrected chi connectivity index (χ4v) is 2.06. The molecule has 2 aromatic heterocycles. The first-order valence-electron chi connectivity index (χ1n) is 5.85. The predicted molar refractivity (Wildman–Crippen MR) is 71.5 cm³/mol. The van der Waals surface area contributed by atoms with Gasteiger partial charge in [-0.25, -0.2) is 9.97 Å². The number of hydrogen-bond donors (Lipinski definition) is 2. The molecule has 0 radical (unpaired) electrons. The number of hydrogen-bond acceptors (Lipinski definition) is 4. The van der Waals surface area contributed by atoms with Gasteiger partial charge in [-0.1, -0.05) is 0 Å². The Labute approximate surface area is 110 Å². The molecule has 0 amide bonds. The van der Waals surface area contributed by atoms with Crippen molar-refractivity contribution in [3.8, 4) is 28.3 Å². The number of aromatic nitrogens is 4. The average Bonchev–Trinajstić information content (AvgIpc) is 2.88. The van der Waals surface area contributed by atoms with Gasteiger partial charge in [-0.2, -0.15) is 5.10 Å². The number of phenolic OH excluding ortho intramolecular Hbond substituents is 1. The van der Waals surface area contributed by atoms with Gasteiger partial charge in [0.05, 0.1) is 17.6 Å². The Hall–Kier alpha value is -2.69. The van der Waals surface area contributed by atoms with E-state index in [2.05, 4.69) is 20.2 Å². The molecular formula is C14H12N4O. The topological polar surface area (TPSA) is 74.7 Å². The zero-order chi connectivity index (χ0) is 13.2. The predicted octanol–water partition coefficient (Wildman–Crippen LogP) is 2.55. The summed E-state index contributed by atoms with van der Waals surface area (Å²) in [6, 6.07) is 7.22. The average molecular weight is 252 g/mol. The number of nitrogens with zero attached hydrogens (tertiary/aromatic N) is 3. The number of benzene rings is 1.